The quantitative estimate of drug-likeness (QED) is 0.660. The van der Waals surface area contributed by atoms with Crippen LogP contribution in [0.5, 0.6) is 11.5 Å². The Morgan fingerprint density at radius 3 is 2.21 bits per heavy atom. The van der Waals surface area contributed by atoms with Gasteiger partial charge in [-0.3, -0.25) is 4.79 Å². The molecule has 7 heteroatoms. The fraction of sp³-hybridized carbons (Fsp3) is 0.409. The third kappa shape index (κ3) is 5.73. The van der Waals surface area contributed by atoms with E-state index in [2.05, 4.69) is 6.92 Å². The summed E-state index contributed by atoms with van der Waals surface area (Å²) in [4.78, 5) is 14.6. The molecule has 156 valence electrons. The first-order valence-electron chi connectivity index (χ1n) is 9.75. The van der Waals surface area contributed by atoms with E-state index >= 15 is 0 Å². The van der Waals surface area contributed by atoms with Crippen molar-refractivity contribution in [2.24, 2.45) is 0 Å². The zero-order valence-electron chi connectivity index (χ0n) is 16.8. The van der Waals surface area contributed by atoms with E-state index in [1.165, 1.54) is 5.56 Å². The molecule has 0 N–H and O–H groups in total. The van der Waals surface area contributed by atoms with Gasteiger partial charge < -0.3 is 14.4 Å². The summed E-state index contributed by atoms with van der Waals surface area (Å²) in [5.74, 6) is 1.25. The topological polar surface area (TPSA) is 72.9 Å². The lowest BCUT2D eigenvalue weighted by molar-refractivity contribution is -0.136. The zero-order valence-corrected chi connectivity index (χ0v) is 17.7. The number of carbonyl (C=O) groups is 1. The number of amides is 1. The molecular weight excluding hydrogens is 390 g/mol. The van der Waals surface area contributed by atoms with Crippen LogP contribution in [0, 0.1) is 0 Å². The maximum atomic E-state index is 12.9. The molecule has 1 fully saturated rings. The molecule has 1 aliphatic rings. The Hall–Kier alpha value is -2.54. The lowest BCUT2D eigenvalue weighted by Gasteiger charge is -2.28. The second kappa shape index (κ2) is 9.31. The molecule has 1 saturated heterocycles. The van der Waals surface area contributed by atoms with E-state index < -0.39 is 9.84 Å². The summed E-state index contributed by atoms with van der Waals surface area (Å²) in [7, 11) is -1.51. The fourth-order valence-corrected chi connectivity index (χ4v) is 5.15. The number of ether oxygens (including phenoxy) is 2. The highest BCUT2D eigenvalue weighted by Gasteiger charge is 2.34. The first-order valence-corrected chi connectivity index (χ1v) is 11.6. The molecule has 0 spiro atoms. The van der Waals surface area contributed by atoms with Crippen LogP contribution in [0.1, 0.15) is 24.5 Å². The maximum absolute atomic E-state index is 12.9. The molecule has 1 amide bonds. The highest BCUT2D eigenvalue weighted by atomic mass is 32.2. The van der Waals surface area contributed by atoms with Gasteiger partial charge in [0.1, 0.15) is 11.5 Å². The Balaban J connectivity index is 1.71. The van der Waals surface area contributed by atoms with Gasteiger partial charge in [-0.25, -0.2) is 8.42 Å². The van der Waals surface area contributed by atoms with E-state index in [9.17, 15) is 13.2 Å². The second-order valence-electron chi connectivity index (χ2n) is 7.21. The van der Waals surface area contributed by atoms with Gasteiger partial charge in [0.05, 0.1) is 18.6 Å². The van der Waals surface area contributed by atoms with Crippen molar-refractivity contribution in [3.8, 4) is 11.5 Å². The molecule has 0 unspecified atom stereocenters. The van der Waals surface area contributed by atoms with Gasteiger partial charge in [0.25, 0.3) is 5.91 Å². The molecule has 0 bridgehead atoms. The third-order valence-corrected chi connectivity index (χ3v) is 6.93. The van der Waals surface area contributed by atoms with Crippen LogP contribution in [-0.4, -0.2) is 50.5 Å². The SMILES string of the molecule is CCc1ccc(OCC(=O)N(Cc2ccc(OC)cc2)[C@@H]2CCS(=O)(=O)C2)cc1. The minimum atomic E-state index is -3.11. The lowest BCUT2D eigenvalue weighted by atomic mass is 10.1. The van der Waals surface area contributed by atoms with Crippen molar-refractivity contribution in [3.63, 3.8) is 0 Å². The van der Waals surface area contributed by atoms with Gasteiger partial charge >= 0.3 is 0 Å². The number of nitrogens with zero attached hydrogens (tertiary/aromatic N) is 1. The molecule has 0 saturated carbocycles. The summed E-state index contributed by atoms with van der Waals surface area (Å²) >= 11 is 0. The fourth-order valence-electron chi connectivity index (χ4n) is 3.42. The lowest BCUT2D eigenvalue weighted by Crippen LogP contribution is -2.43. The number of methoxy groups -OCH3 is 1. The van der Waals surface area contributed by atoms with Crippen molar-refractivity contribution in [1.82, 2.24) is 4.90 Å². The van der Waals surface area contributed by atoms with Crippen molar-refractivity contribution in [2.45, 2.75) is 32.4 Å². The van der Waals surface area contributed by atoms with Crippen LogP contribution in [0.4, 0.5) is 0 Å². The number of rotatable bonds is 8. The summed E-state index contributed by atoms with van der Waals surface area (Å²) < 4.78 is 34.8. The van der Waals surface area contributed by atoms with Crippen molar-refractivity contribution in [2.75, 3.05) is 25.2 Å². The Morgan fingerprint density at radius 1 is 1.03 bits per heavy atom. The zero-order chi connectivity index (χ0) is 20.9. The predicted octanol–water partition coefficient (Wildman–Crippen LogP) is 2.85. The van der Waals surface area contributed by atoms with Crippen molar-refractivity contribution in [3.05, 3.63) is 59.7 Å². The van der Waals surface area contributed by atoms with Gasteiger partial charge in [-0.2, -0.15) is 0 Å². The predicted molar refractivity (Wildman–Crippen MR) is 112 cm³/mol. The monoisotopic (exact) mass is 417 g/mol. The molecule has 1 atom stereocenters. The smallest absolute Gasteiger partial charge is 0.261 e. The van der Waals surface area contributed by atoms with Gasteiger partial charge in [0.15, 0.2) is 16.4 Å². The summed E-state index contributed by atoms with van der Waals surface area (Å²) in [6, 6.07) is 14.7. The van der Waals surface area contributed by atoms with Gasteiger partial charge in [-0.05, 0) is 48.2 Å². The van der Waals surface area contributed by atoms with E-state index in [0.29, 0.717) is 18.7 Å². The molecular formula is C22H27NO5S. The maximum Gasteiger partial charge on any atom is 0.261 e. The normalized spacial score (nSPS) is 17.7. The van der Waals surface area contributed by atoms with Gasteiger partial charge in [0.2, 0.25) is 0 Å². The minimum Gasteiger partial charge on any atom is -0.497 e. The van der Waals surface area contributed by atoms with E-state index in [0.717, 1.165) is 17.7 Å². The number of aryl methyl sites for hydroxylation is 1. The molecule has 3 rings (SSSR count). The van der Waals surface area contributed by atoms with Crippen molar-refractivity contribution in [1.29, 1.82) is 0 Å². The molecule has 1 heterocycles. The molecule has 0 aliphatic carbocycles. The standard InChI is InChI=1S/C22H27NO5S/c1-3-17-4-10-21(11-5-17)28-15-22(24)23(19-12-13-29(25,26)16-19)14-18-6-8-20(27-2)9-7-18/h4-11,19H,3,12-16H2,1-2H3/t19-/m1/s1. The average Bonchev–Trinajstić information content (AvgIpc) is 3.10. The van der Waals surface area contributed by atoms with Crippen LogP contribution < -0.4 is 9.47 Å². The number of benzene rings is 2. The Morgan fingerprint density at radius 2 is 1.66 bits per heavy atom. The Labute approximate surface area is 172 Å². The first-order chi connectivity index (χ1) is 13.9. The van der Waals surface area contributed by atoms with E-state index in [1.807, 2.05) is 48.5 Å². The van der Waals surface area contributed by atoms with Gasteiger partial charge in [-0.15, -0.1) is 0 Å². The Bertz CT molecular complexity index is 923. The average molecular weight is 418 g/mol. The molecule has 1 aliphatic heterocycles. The molecule has 0 aromatic heterocycles. The first kappa shape index (κ1) is 21.2. The highest BCUT2D eigenvalue weighted by molar-refractivity contribution is 7.91. The van der Waals surface area contributed by atoms with Crippen LogP contribution >= 0.6 is 0 Å². The van der Waals surface area contributed by atoms with E-state index in [-0.39, 0.29) is 30.1 Å². The van der Waals surface area contributed by atoms with Crippen molar-refractivity contribution < 1.29 is 22.7 Å². The summed E-state index contributed by atoms with van der Waals surface area (Å²) in [6.07, 6.45) is 1.39. The van der Waals surface area contributed by atoms with Crippen molar-refractivity contribution >= 4 is 15.7 Å². The summed E-state index contributed by atoms with van der Waals surface area (Å²) in [6.45, 7) is 2.28. The molecule has 2 aromatic carbocycles. The van der Waals surface area contributed by atoms with E-state index in [4.69, 9.17) is 9.47 Å². The number of sulfone groups is 1. The van der Waals surface area contributed by atoms with Gasteiger partial charge in [0, 0.05) is 12.6 Å². The van der Waals surface area contributed by atoms with Gasteiger partial charge in [-0.1, -0.05) is 31.2 Å². The molecule has 29 heavy (non-hydrogen) atoms. The third-order valence-electron chi connectivity index (χ3n) is 5.18. The van der Waals surface area contributed by atoms with Crippen LogP contribution in [0.15, 0.2) is 48.5 Å². The molecule has 0 radical (unpaired) electrons. The second-order valence-corrected chi connectivity index (χ2v) is 9.44. The summed E-state index contributed by atoms with van der Waals surface area (Å²) in [5.41, 5.74) is 2.11. The molecule has 6 nitrogen and oxygen atoms in total. The van der Waals surface area contributed by atoms with Crippen LogP contribution in [-0.2, 0) is 27.6 Å². The highest BCUT2D eigenvalue weighted by Crippen LogP contribution is 2.22. The number of hydrogen-bond donors (Lipinski definition) is 0. The molecule has 2 aromatic rings. The van der Waals surface area contributed by atoms with Crippen LogP contribution in [0.3, 0.4) is 0 Å². The minimum absolute atomic E-state index is 0.0000909. The van der Waals surface area contributed by atoms with Crippen LogP contribution in [0.25, 0.3) is 0 Å². The van der Waals surface area contributed by atoms with Crippen LogP contribution in [0.2, 0.25) is 0 Å². The Kier molecular flexibility index (Phi) is 6.79. The largest absolute Gasteiger partial charge is 0.497 e. The van der Waals surface area contributed by atoms with E-state index in [1.54, 1.807) is 12.0 Å². The number of hydrogen-bond acceptors (Lipinski definition) is 5. The summed E-state index contributed by atoms with van der Waals surface area (Å²) in [5, 5.41) is 0. The number of carbonyl (C=O) groups excluding carboxylic acids is 1.